The first-order valence-electron chi connectivity index (χ1n) is 11.3. The van der Waals surface area contributed by atoms with Crippen molar-refractivity contribution in [1.29, 1.82) is 0 Å². The first-order valence-corrected chi connectivity index (χ1v) is 11.3. The van der Waals surface area contributed by atoms with E-state index < -0.39 is 5.60 Å². The van der Waals surface area contributed by atoms with E-state index in [1.54, 1.807) is 11.8 Å². The second-order valence-corrected chi connectivity index (χ2v) is 9.97. The molecule has 0 bridgehead atoms. The number of aromatic nitrogens is 3. The zero-order valence-corrected chi connectivity index (χ0v) is 18.2. The predicted molar refractivity (Wildman–Crippen MR) is 114 cm³/mol. The zero-order chi connectivity index (χ0) is 21.6. The van der Waals surface area contributed by atoms with Gasteiger partial charge in [0.2, 0.25) is 0 Å². The molecule has 2 saturated carbocycles. The van der Waals surface area contributed by atoms with Crippen LogP contribution in [0, 0.1) is 23.2 Å². The molecule has 2 heterocycles. The third-order valence-corrected chi connectivity index (χ3v) is 7.98. The standard InChI is InChI=1S/C24H31N3O4/c1-23-9-6-10-24(29,15-27-13-19(25-26-27)16-7-4-3-5-8-16)21(23)11-17-18(14-30-2)22(28)31-20(17)12-23/h3-5,7-8,13,17-18,20-21,29H,6,9-12,14-15H2,1-2H3/t17-,18-,20-,21-,23-,24+/m1/s1. The molecule has 7 nitrogen and oxygen atoms in total. The van der Waals surface area contributed by atoms with Crippen molar-refractivity contribution < 1.29 is 19.4 Å². The Bertz CT molecular complexity index is 947. The van der Waals surface area contributed by atoms with Gasteiger partial charge in [0.05, 0.1) is 30.9 Å². The quantitative estimate of drug-likeness (QED) is 0.741. The Morgan fingerprint density at radius 1 is 1.29 bits per heavy atom. The molecule has 1 saturated heterocycles. The normalized spacial score (nSPS) is 37.2. The van der Waals surface area contributed by atoms with Crippen LogP contribution in [0.25, 0.3) is 11.3 Å². The molecule has 2 aromatic rings. The van der Waals surface area contributed by atoms with Crippen LogP contribution in [0.1, 0.15) is 39.0 Å². The van der Waals surface area contributed by atoms with Crippen molar-refractivity contribution in [3.63, 3.8) is 0 Å². The van der Waals surface area contributed by atoms with E-state index in [2.05, 4.69) is 17.2 Å². The number of esters is 1. The van der Waals surface area contributed by atoms with Crippen molar-refractivity contribution in [2.24, 2.45) is 23.2 Å². The summed E-state index contributed by atoms with van der Waals surface area (Å²) < 4.78 is 12.8. The lowest BCUT2D eigenvalue weighted by Crippen LogP contribution is -2.57. The smallest absolute Gasteiger partial charge is 0.311 e. The van der Waals surface area contributed by atoms with Crippen molar-refractivity contribution in [3.05, 3.63) is 36.5 Å². The lowest BCUT2D eigenvalue weighted by atomic mass is 9.52. The monoisotopic (exact) mass is 425 g/mol. The molecule has 0 amide bonds. The highest BCUT2D eigenvalue weighted by Gasteiger charge is 2.60. The van der Waals surface area contributed by atoms with Gasteiger partial charge in [0, 0.05) is 18.6 Å². The van der Waals surface area contributed by atoms with Crippen LogP contribution in [0.4, 0.5) is 0 Å². The number of hydrogen-bond acceptors (Lipinski definition) is 6. The molecule has 5 rings (SSSR count). The summed E-state index contributed by atoms with van der Waals surface area (Å²) >= 11 is 0. The Morgan fingerprint density at radius 3 is 2.87 bits per heavy atom. The fourth-order valence-corrected chi connectivity index (χ4v) is 6.50. The van der Waals surface area contributed by atoms with Crippen LogP contribution in [-0.2, 0) is 20.8 Å². The zero-order valence-electron chi connectivity index (χ0n) is 18.2. The summed E-state index contributed by atoms with van der Waals surface area (Å²) in [7, 11) is 1.62. The molecule has 7 heteroatoms. The van der Waals surface area contributed by atoms with Crippen molar-refractivity contribution in [3.8, 4) is 11.3 Å². The van der Waals surface area contributed by atoms with E-state index in [9.17, 15) is 9.90 Å². The highest BCUT2D eigenvalue weighted by atomic mass is 16.6. The van der Waals surface area contributed by atoms with Crippen molar-refractivity contribution >= 4 is 5.97 Å². The summed E-state index contributed by atoms with van der Waals surface area (Å²) in [5.41, 5.74) is 0.877. The predicted octanol–water partition coefficient (Wildman–Crippen LogP) is 3.08. The number of ether oxygens (including phenoxy) is 2. The topological polar surface area (TPSA) is 86.5 Å². The number of aliphatic hydroxyl groups is 1. The van der Waals surface area contributed by atoms with Crippen molar-refractivity contribution in [1.82, 2.24) is 15.0 Å². The number of methoxy groups -OCH3 is 1. The average Bonchev–Trinajstić information content (AvgIpc) is 3.31. The van der Waals surface area contributed by atoms with Crippen LogP contribution in [0.2, 0.25) is 0 Å². The lowest BCUT2D eigenvalue weighted by Gasteiger charge is -2.55. The Hall–Kier alpha value is -2.25. The van der Waals surface area contributed by atoms with Gasteiger partial charge in [0.1, 0.15) is 11.8 Å². The van der Waals surface area contributed by atoms with E-state index in [0.717, 1.165) is 43.4 Å². The van der Waals surface area contributed by atoms with Crippen LogP contribution in [0.5, 0.6) is 0 Å². The molecule has 0 unspecified atom stereocenters. The van der Waals surface area contributed by atoms with Crippen LogP contribution in [0.3, 0.4) is 0 Å². The minimum atomic E-state index is -0.886. The minimum absolute atomic E-state index is 0.0563. The summed E-state index contributed by atoms with van der Waals surface area (Å²) in [6.07, 6.45) is 6.17. The largest absolute Gasteiger partial charge is 0.462 e. The van der Waals surface area contributed by atoms with E-state index in [-0.39, 0.29) is 35.2 Å². The van der Waals surface area contributed by atoms with Gasteiger partial charge in [-0.25, -0.2) is 4.68 Å². The van der Waals surface area contributed by atoms with Gasteiger partial charge < -0.3 is 14.6 Å². The highest BCUT2D eigenvalue weighted by molar-refractivity contribution is 5.75. The minimum Gasteiger partial charge on any atom is -0.462 e. The number of carbonyl (C=O) groups excluding carboxylic acids is 1. The molecule has 1 aromatic heterocycles. The van der Waals surface area contributed by atoms with E-state index in [0.29, 0.717) is 13.2 Å². The van der Waals surface area contributed by atoms with Crippen LogP contribution < -0.4 is 0 Å². The summed E-state index contributed by atoms with van der Waals surface area (Å²) in [5, 5.41) is 20.6. The molecule has 2 aliphatic carbocycles. The SMILES string of the molecule is COC[C@H]1C(=O)O[C@@H]2C[C@@]3(C)CCC[C@](O)(Cn4cc(-c5ccccc5)nn4)[C@@H]3C[C@@H]21. The van der Waals surface area contributed by atoms with E-state index in [1.165, 1.54) is 0 Å². The van der Waals surface area contributed by atoms with Gasteiger partial charge in [0.25, 0.3) is 0 Å². The number of fused-ring (bicyclic) bond motifs is 2. The molecular formula is C24H31N3O4. The average molecular weight is 426 g/mol. The molecule has 0 spiro atoms. The van der Waals surface area contributed by atoms with E-state index in [1.807, 2.05) is 36.5 Å². The maximum Gasteiger partial charge on any atom is 0.311 e. The third kappa shape index (κ3) is 3.57. The van der Waals surface area contributed by atoms with Gasteiger partial charge in [-0.2, -0.15) is 0 Å². The molecule has 6 atom stereocenters. The molecule has 1 N–H and O–H groups in total. The molecular weight excluding hydrogens is 394 g/mol. The maximum absolute atomic E-state index is 12.4. The van der Waals surface area contributed by atoms with Gasteiger partial charge in [-0.3, -0.25) is 4.79 Å². The van der Waals surface area contributed by atoms with Gasteiger partial charge >= 0.3 is 5.97 Å². The molecule has 0 radical (unpaired) electrons. The molecule has 1 aromatic carbocycles. The first-order chi connectivity index (χ1) is 14.9. The van der Waals surface area contributed by atoms with E-state index >= 15 is 0 Å². The number of nitrogens with zero attached hydrogens (tertiary/aromatic N) is 3. The van der Waals surface area contributed by atoms with Crippen molar-refractivity contribution in [2.75, 3.05) is 13.7 Å². The fourth-order valence-electron chi connectivity index (χ4n) is 6.50. The summed E-state index contributed by atoms with van der Waals surface area (Å²) in [6.45, 7) is 3.05. The van der Waals surface area contributed by atoms with Crippen LogP contribution in [-0.4, -0.2) is 51.5 Å². The van der Waals surface area contributed by atoms with Crippen molar-refractivity contribution in [2.45, 2.75) is 57.3 Å². The molecule has 3 aliphatic rings. The lowest BCUT2D eigenvalue weighted by molar-refractivity contribution is -0.165. The molecule has 31 heavy (non-hydrogen) atoms. The summed E-state index contributed by atoms with van der Waals surface area (Å²) in [5.74, 6) is -0.202. The Kier molecular flexibility index (Phi) is 5.13. The number of rotatable bonds is 5. The second-order valence-electron chi connectivity index (χ2n) is 9.97. The molecule has 1 aliphatic heterocycles. The van der Waals surface area contributed by atoms with Gasteiger partial charge in [-0.1, -0.05) is 42.5 Å². The van der Waals surface area contributed by atoms with Gasteiger partial charge in [-0.15, -0.1) is 5.10 Å². The fraction of sp³-hybridized carbons (Fsp3) is 0.625. The second kappa shape index (κ2) is 7.71. The summed E-state index contributed by atoms with van der Waals surface area (Å²) in [4.78, 5) is 12.4. The highest BCUT2D eigenvalue weighted by Crippen LogP contribution is 2.58. The number of carbonyl (C=O) groups is 1. The summed E-state index contributed by atoms with van der Waals surface area (Å²) in [6, 6.07) is 9.96. The number of hydrogen-bond donors (Lipinski definition) is 1. The Morgan fingerprint density at radius 2 is 2.10 bits per heavy atom. The maximum atomic E-state index is 12.4. The molecule has 166 valence electrons. The van der Waals surface area contributed by atoms with E-state index in [4.69, 9.17) is 9.47 Å². The number of benzene rings is 1. The Labute approximate surface area is 182 Å². The Balaban J connectivity index is 1.40. The third-order valence-electron chi connectivity index (χ3n) is 7.98. The first kappa shape index (κ1) is 20.6. The van der Waals surface area contributed by atoms with Gasteiger partial charge in [-0.05, 0) is 43.4 Å². The van der Waals surface area contributed by atoms with Crippen LogP contribution >= 0.6 is 0 Å². The van der Waals surface area contributed by atoms with Crippen LogP contribution in [0.15, 0.2) is 36.5 Å². The molecule has 3 fully saturated rings. The van der Waals surface area contributed by atoms with Gasteiger partial charge in [0.15, 0.2) is 0 Å².